The van der Waals surface area contributed by atoms with Gasteiger partial charge in [0.15, 0.2) is 0 Å². The molecule has 0 aromatic heterocycles. The zero-order valence-corrected chi connectivity index (χ0v) is 9.47. The van der Waals surface area contributed by atoms with E-state index in [0.717, 1.165) is 12.5 Å². The summed E-state index contributed by atoms with van der Waals surface area (Å²) < 4.78 is 0. The first kappa shape index (κ1) is 11.6. The summed E-state index contributed by atoms with van der Waals surface area (Å²) in [6.45, 7) is 7.34. The second-order valence-corrected chi connectivity index (χ2v) is 4.40. The van der Waals surface area contributed by atoms with Crippen molar-refractivity contribution in [3.8, 4) is 0 Å². The predicted octanol–water partition coefficient (Wildman–Crippen LogP) is 2.23. The summed E-state index contributed by atoms with van der Waals surface area (Å²) in [5.41, 5.74) is 0. The highest BCUT2D eigenvalue weighted by molar-refractivity contribution is 4.70. The average Bonchev–Trinajstić information content (AvgIpc) is 2.21. The summed E-state index contributed by atoms with van der Waals surface area (Å²) in [5.74, 6) is 0.995. The van der Waals surface area contributed by atoms with E-state index in [1.165, 1.54) is 45.2 Å². The highest BCUT2D eigenvalue weighted by Crippen LogP contribution is 2.21. The molecular weight excluding hydrogens is 172 g/mol. The van der Waals surface area contributed by atoms with Crippen LogP contribution in [0.15, 0.2) is 12.8 Å². The Morgan fingerprint density at radius 3 is 2.71 bits per heavy atom. The minimum absolute atomic E-state index is 0.995. The number of nitrogens with zero attached hydrogens (tertiary/aromatic N) is 1. The molecule has 0 aliphatic carbocycles. The van der Waals surface area contributed by atoms with E-state index in [9.17, 15) is 0 Å². The molecule has 82 valence electrons. The fourth-order valence-corrected chi connectivity index (χ4v) is 2.11. The Kier molecular flexibility index (Phi) is 5.69. The number of likely N-dealkylation sites (tertiary alicyclic amines) is 1. The lowest BCUT2D eigenvalue weighted by Gasteiger charge is -2.28. The number of unbranched alkanes of at least 4 members (excludes halogenated alkanes) is 1. The van der Waals surface area contributed by atoms with Crippen molar-refractivity contribution in [1.29, 1.82) is 0 Å². The maximum absolute atomic E-state index is 3.64. The average molecular weight is 196 g/mol. The van der Waals surface area contributed by atoms with Gasteiger partial charge < -0.3 is 10.2 Å². The second kappa shape index (κ2) is 6.88. The Morgan fingerprint density at radius 2 is 2.07 bits per heavy atom. The van der Waals surface area contributed by atoms with Crippen LogP contribution in [0, 0.1) is 5.92 Å². The van der Waals surface area contributed by atoms with Gasteiger partial charge in [-0.3, -0.25) is 0 Å². The molecule has 1 rings (SSSR count). The van der Waals surface area contributed by atoms with Gasteiger partial charge in [-0.05, 0) is 51.5 Å². The van der Waals surface area contributed by atoms with Gasteiger partial charge >= 0.3 is 0 Å². The minimum Gasteiger partial charge on any atom is -0.391 e. The first-order valence-electron chi connectivity index (χ1n) is 5.85. The molecule has 0 amide bonds. The third-order valence-electron chi connectivity index (χ3n) is 3.17. The van der Waals surface area contributed by atoms with Crippen LogP contribution in [-0.2, 0) is 0 Å². The molecule has 0 saturated carbocycles. The Bertz CT molecular complexity index is 148. The van der Waals surface area contributed by atoms with Crippen molar-refractivity contribution in [2.75, 3.05) is 26.7 Å². The molecule has 1 aliphatic rings. The third kappa shape index (κ3) is 4.66. The van der Waals surface area contributed by atoms with Crippen molar-refractivity contribution in [2.45, 2.75) is 32.1 Å². The minimum atomic E-state index is 0.995. The van der Waals surface area contributed by atoms with E-state index in [0.29, 0.717) is 0 Å². The summed E-state index contributed by atoms with van der Waals surface area (Å²) >= 11 is 0. The molecule has 0 atom stereocenters. The van der Waals surface area contributed by atoms with E-state index in [4.69, 9.17) is 0 Å². The predicted molar refractivity (Wildman–Crippen MR) is 62.3 cm³/mol. The van der Waals surface area contributed by atoms with Crippen molar-refractivity contribution >= 4 is 0 Å². The maximum atomic E-state index is 3.64. The van der Waals surface area contributed by atoms with Crippen LogP contribution in [0.3, 0.4) is 0 Å². The first-order chi connectivity index (χ1) is 6.83. The van der Waals surface area contributed by atoms with Gasteiger partial charge in [0.2, 0.25) is 0 Å². The number of hydrogen-bond donors (Lipinski definition) is 1. The van der Waals surface area contributed by atoms with Crippen LogP contribution in [0.1, 0.15) is 32.1 Å². The Hall–Kier alpha value is -0.500. The van der Waals surface area contributed by atoms with Crippen LogP contribution >= 0.6 is 0 Å². The molecule has 0 spiro atoms. The van der Waals surface area contributed by atoms with Gasteiger partial charge in [-0.15, -0.1) is 0 Å². The van der Waals surface area contributed by atoms with Gasteiger partial charge in [0, 0.05) is 6.54 Å². The summed E-state index contributed by atoms with van der Waals surface area (Å²) in [6.07, 6.45) is 8.69. The van der Waals surface area contributed by atoms with E-state index in [2.05, 4.69) is 23.8 Å². The Balaban J connectivity index is 1.93. The molecule has 0 radical (unpaired) electrons. The summed E-state index contributed by atoms with van der Waals surface area (Å²) in [4.78, 5) is 2.44. The van der Waals surface area contributed by atoms with Crippen molar-refractivity contribution in [3.05, 3.63) is 12.8 Å². The lowest BCUT2D eigenvalue weighted by atomic mass is 9.92. The summed E-state index contributed by atoms with van der Waals surface area (Å²) in [5, 5.41) is 3.15. The summed E-state index contributed by atoms with van der Waals surface area (Å²) in [6, 6.07) is 0. The lowest BCUT2D eigenvalue weighted by Crippen LogP contribution is -2.30. The fourth-order valence-electron chi connectivity index (χ4n) is 2.11. The molecule has 1 heterocycles. The molecule has 1 aliphatic heterocycles. The number of nitrogens with one attached hydrogen (secondary N) is 1. The standard InChI is InChI=1S/C12H24N2/c1-3-13-9-5-4-6-12-7-10-14(2)11-8-12/h3,12-13H,1,4-11H2,2H3. The normalized spacial score (nSPS) is 19.5. The zero-order chi connectivity index (χ0) is 10.2. The van der Waals surface area contributed by atoms with Gasteiger partial charge in [0.1, 0.15) is 0 Å². The van der Waals surface area contributed by atoms with Crippen LogP contribution < -0.4 is 5.32 Å². The smallest absolute Gasteiger partial charge is 0.0141 e. The van der Waals surface area contributed by atoms with Gasteiger partial charge in [0.25, 0.3) is 0 Å². The first-order valence-corrected chi connectivity index (χ1v) is 5.85. The van der Waals surface area contributed by atoms with Gasteiger partial charge in [-0.25, -0.2) is 0 Å². The van der Waals surface area contributed by atoms with Crippen molar-refractivity contribution in [3.63, 3.8) is 0 Å². The van der Waals surface area contributed by atoms with Crippen LogP contribution in [0.2, 0.25) is 0 Å². The van der Waals surface area contributed by atoms with E-state index >= 15 is 0 Å². The molecule has 0 bridgehead atoms. The van der Waals surface area contributed by atoms with E-state index in [-0.39, 0.29) is 0 Å². The maximum Gasteiger partial charge on any atom is 0.0141 e. The molecule has 2 nitrogen and oxygen atoms in total. The second-order valence-electron chi connectivity index (χ2n) is 4.40. The van der Waals surface area contributed by atoms with E-state index in [1.54, 1.807) is 6.20 Å². The van der Waals surface area contributed by atoms with Crippen LogP contribution in [0.4, 0.5) is 0 Å². The SMILES string of the molecule is C=CNCCCCC1CCN(C)CC1. The van der Waals surface area contributed by atoms with Crippen molar-refractivity contribution < 1.29 is 0 Å². The number of piperidine rings is 1. The fraction of sp³-hybridized carbons (Fsp3) is 0.833. The van der Waals surface area contributed by atoms with Crippen LogP contribution in [0.5, 0.6) is 0 Å². The van der Waals surface area contributed by atoms with Gasteiger partial charge in [0.05, 0.1) is 0 Å². The highest BCUT2D eigenvalue weighted by atomic mass is 15.1. The Labute approximate surface area is 88.4 Å². The third-order valence-corrected chi connectivity index (χ3v) is 3.17. The number of hydrogen-bond acceptors (Lipinski definition) is 2. The molecule has 0 aromatic carbocycles. The van der Waals surface area contributed by atoms with E-state index < -0.39 is 0 Å². The largest absolute Gasteiger partial charge is 0.391 e. The molecule has 1 N–H and O–H groups in total. The quantitative estimate of drug-likeness (QED) is 0.655. The molecule has 1 fully saturated rings. The monoisotopic (exact) mass is 196 g/mol. The molecule has 0 aromatic rings. The highest BCUT2D eigenvalue weighted by Gasteiger charge is 2.15. The summed E-state index contributed by atoms with van der Waals surface area (Å²) in [7, 11) is 2.23. The van der Waals surface area contributed by atoms with Crippen LogP contribution in [0.25, 0.3) is 0 Å². The molecule has 0 unspecified atom stereocenters. The zero-order valence-electron chi connectivity index (χ0n) is 9.47. The topological polar surface area (TPSA) is 15.3 Å². The van der Waals surface area contributed by atoms with Crippen molar-refractivity contribution in [2.24, 2.45) is 5.92 Å². The molecule has 1 saturated heterocycles. The van der Waals surface area contributed by atoms with E-state index in [1.807, 2.05) is 0 Å². The lowest BCUT2D eigenvalue weighted by molar-refractivity contribution is 0.210. The van der Waals surface area contributed by atoms with Crippen molar-refractivity contribution in [1.82, 2.24) is 10.2 Å². The van der Waals surface area contributed by atoms with Crippen LogP contribution in [-0.4, -0.2) is 31.6 Å². The van der Waals surface area contributed by atoms with Gasteiger partial charge in [-0.2, -0.15) is 0 Å². The molecular formula is C12H24N2. The van der Waals surface area contributed by atoms with Gasteiger partial charge in [-0.1, -0.05) is 19.4 Å². The number of rotatable bonds is 6. The Morgan fingerprint density at radius 1 is 1.36 bits per heavy atom. The molecule has 2 heteroatoms. The molecule has 14 heavy (non-hydrogen) atoms.